The normalized spacial score (nSPS) is 16.2. The number of carbonyl (C=O) groups excluding carboxylic acids is 1. The van der Waals surface area contributed by atoms with Crippen molar-refractivity contribution in [2.75, 3.05) is 26.3 Å². The van der Waals surface area contributed by atoms with Crippen molar-refractivity contribution in [2.45, 2.75) is 32.9 Å². The number of morpholine rings is 1. The average Bonchev–Trinajstić information content (AvgIpc) is 2.72. The van der Waals surface area contributed by atoms with Crippen LogP contribution in [0.3, 0.4) is 0 Å². The molecule has 2 aromatic carbocycles. The Labute approximate surface area is 156 Å². The van der Waals surface area contributed by atoms with E-state index in [9.17, 15) is 4.79 Å². The molecule has 1 atom stereocenters. The van der Waals surface area contributed by atoms with Crippen molar-refractivity contribution in [2.24, 2.45) is 0 Å². The van der Waals surface area contributed by atoms with Gasteiger partial charge in [0, 0.05) is 32.1 Å². The van der Waals surface area contributed by atoms with Gasteiger partial charge in [-0.2, -0.15) is 0 Å². The van der Waals surface area contributed by atoms with Gasteiger partial charge in [-0.25, -0.2) is 0 Å². The van der Waals surface area contributed by atoms with Crippen LogP contribution >= 0.6 is 0 Å². The molecule has 3 rings (SSSR count). The molecule has 0 saturated carbocycles. The van der Waals surface area contributed by atoms with Crippen molar-refractivity contribution in [3.8, 4) is 11.1 Å². The molecule has 1 aliphatic rings. The molecule has 138 valence electrons. The van der Waals surface area contributed by atoms with Gasteiger partial charge in [-0.15, -0.1) is 0 Å². The van der Waals surface area contributed by atoms with E-state index in [0.29, 0.717) is 19.0 Å². The maximum atomic E-state index is 11.4. The number of ether oxygens (including phenoxy) is 1. The highest BCUT2D eigenvalue weighted by molar-refractivity contribution is 5.75. The van der Waals surface area contributed by atoms with Crippen molar-refractivity contribution in [1.29, 1.82) is 0 Å². The predicted molar refractivity (Wildman–Crippen MR) is 105 cm³/mol. The minimum atomic E-state index is 0.0804. The fraction of sp³-hybridized carbons (Fsp3) is 0.409. The second-order valence-electron chi connectivity index (χ2n) is 6.78. The van der Waals surface area contributed by atoms with Crippen LogP contribution in [0.15, 0.2) is 48.5 Å². The van der Waals surface area contributed by atoms with Crippen LogP contribution in [0.4, 0.5) is 0 Å². The van der Waals surface area contributed by atoms with Crippen LogP contribution in [0, 0.1) is 0 Å². The van der Waals surface area contributed by atoms with Crippen molar-refractivity contribution in [3.63, 3.8) is 0 Å². The number of rotatable bonds is 6. The Morgan fingerprint density at radius 2 is 1.85 bits per heavy atom. The van der Waals surface area contributed by atoms with Gasteiger partial charge in [0.15, 0.2) is 0 Å². The molecule has 2 aromatic rings. The largest absolute Gasteiger partial charge is 0.379 e. The summed E-state index contributed by atoms with van der Waals surface area (Å²) in [4.78, 5) is 13.9. The van der Waals surface area contributed by atoms with Gasteiger partial charge in [0.25, 0.3) is 0 Å². The molecule has 26 heavy (non-hydrogen) atoms. The molecule has 0 aromatic heterocycles. The number of nitrogens with one attached hydrogen (secondary N) is 1. The van der Waals surface area contributed by atoms with Crippen molar-refractivity contribution in [3.05, 3.63) is 59.7 Å². The van der Waals surface area contributed by atoms with Crippen LogP contribution in [0.1, 0.15) is 37.4 Å². The quantitative estimate of drug-likeness (QED) is 0.860. The van der Waals surface area contributed by atoms with E-state index in [-0.39, 0.29) is 5.91 Å². The minimum absolute atomic E-state index is 0.0804. The van der Waals surface area contributed by atoms with Crippen LogP contribution in [0.25, 0.3) is 11.1 Å². The summed E-state index contributed by atoms with van der Waals surface area (Å²) in [5, 5.41) is 2.93. The average molecular weight is 352 g/mol. The number of benzene rings is 2. The molecule has 1 aliphatic heterocycles. The standard InChI is InChI=1S/C22H28N2O2/c1-3-22(25)23-16-18-5-4-6-21(15-18)20-9-7-19(8-10-20)17(2)24-11-13-26-14-12-24/h4-10,15,17H,3,11-14,16H2,1-2H3,(H,23,25)/t17-/m1/s1. The third kappa shape index (κ3) is 4.71. The van der Waals surface area contributed by atoms with Crippen LogP contribution in [-0.2, 0) is 16.1 Å². The Morgan fingerprint density at radius 1 is 1.12 bits per heavy atom. The van der Waals surface area contributed by atoms with Crippen LogP contribution < -0.4 is 5.32 Å². The lowest BCUT2D eigenvalue weighted by molar-refractivity contribution is -0.120. The van der Waals surface area contributed by atoms with Crippen LogP contribution in [0.2, 0.25) is 0 Å². The first-order chi connectivity index (χ1) is 12.7. The fourth-order valence-corrected chi connectivity index (χ4v) is 3.32. The Morgan fingerprint density at radius 3 is 2.54 bits per heavy atom. The first-order valence-electron chi connectivity index (χ1n) is 9.45. The monoisotopic (exact) mass is 352 g/mol. The SMILES string of the molecule is CCC(=O)NCc1cccc(-c2ccc([C@@H](C)N3CCOCC3)cc2)c1. The van der Waals surface area contributed by atoms with Crippen LogP contribution in [-0.4, -0.2) is 37.1 Å². The zero-order valence-corrected chi connectivity index (χ0v) is 15.7. The third-order valence-electron chi connectivity index (χ3n) is 5.06. The van der Waals surface area contributed by atoms with Crippen LogP contribution in [0.5, 0.6) is 0 Å². The number of amides is 1. The summed E-state index contributed by atoms with van der Waals surface area (Å²) in [6, 6.07) is 17.6. The first-order valence-corrected chi connectivity index (χ1v) is 9.45. The fourth-order valence-electron chi connectivity index (χ4n) is 3.32. The van der Waals surface area contributed by atoms with Gasteiger partial charge in [0.1, 0.15) is 0 Å². The molecule has 0 spiro atoms. The molecule has 1 heterocycles. The molecule has 4 heteroatoms. The molecular formula is C22H28N2O2. The predicted octanol–water partition coefficient (Wildman–Crippen LogP) is 3.77. The molecule has 0 aliphatic carbocycles. The van der Waals surface area contributed by atoms with E-state index in [0.717, 1.165) is 31.9 Å². The van der Waals surface area contributed by atoms with E-state index in [1.165, 1.54) is 16.7 Å². The maximum Gasteiger partial charge on any atom is 0.219 e. The summed E-state index contributed by atoms with van der Waals surface area (Å²) in [5.41, 5.74) is 4.84. The Bertz CT molecular complexity index is 721. The summed E-state index contributed by atoms with van der Waals surface area (Å²) in [6.07, 6.45) is 0.516. The summed E-state index contributed by atoms with van der Waals surface area (Å²) in [6.45, 7) is 8.34. The lowest BCUT2D eigenvalue weighted by atomic mass is 9.99. The summed E-state index contributed by atoms with van der Waals surface area (Å²) < 4.78 is 5.45. The van der Waals surface area contributed by atoms with Gasteiger partial charge >= 0.3 is 0 Å². The van der Waals surface area contributed by atoms with Gasteiger partial charge in [0.05, 0.1) is 13.2 Å². The van der Waals surface area contributed by atoms with Gasteiger partial charge in [0.2, 0.25) is 5.91 Å². The van der Waals surface area contributed by atoms with Gasteiger partial charge in [-0.3, -0.25) is 9.69 Å². The maximum absolute atomic E-state index is 11.4. The third-order valence-corrected chi connectivity index (χ3v) is 5.06. The molecular weight excluding hydrogens is 324 g/mol. The van der Waals surface area contributed by atoms with Crippen molar-refractivity contribution < 1.29 is 9.53 Å². The van der Waals surface area contributed by atoms with Crippen molar-refractivity contribution >= 4 is 5.91 Å². The molecule has 4 nitrogen and oxygen atoms in total. The van der Waals surface area contributed by atoms with Gasteiger partial charge < -0.3 is 10.1 Å². The molecule has 0 radical (unpaired) electrons. The Balaban J connectivity index is 1.69. The molecule has 1 amide bonds. The van der Waals surface area contributed by atoms with E-state index >= 15 is 0 Å². The topological polar surface area (TPSA) is 41.6 Å². The number of nitrogens with zero attached hydrogens (tertiary/aromatic N) is 1. The lowest BCUT2D eigenvalue weighted by Crippen LogP contribution is -2.37. The molecule has 0 bridgehead atoms. The minimum Gasteiger partial charge on any atom is -0.379 e. The highest BCUT2D eigenvalue weighted by atomic mass is 16.5. The smallest absolute Gasteiger partial charge is 0.219 e. The van der Waals surface area contributed by atoms with E-state index in [1.807, 2.05) is 19.1 Å². The second-order valence-corrected chi connectivity index (χ2v) is 6.78. The van der Waals surface area contributed by atoms with Crippen molar-refractivity contribution in [1.82, 2.24) is 10.2 Å². The van der Waals surface area contributed by atoms with Gasteiger partial charge in [-0.05, 0) is 35.2 Å². The summed E-state index contributed by atoms with van der Waals surface area (Å²) in [5.74, 6) is 0.0804. The van der Waals surface area contributed by atoms with E-state index < -0.39 is 0 Å². The van der Waals surface area contributed by atoms with E-state index in [1.54, 1.807) is 0 Å². The van der Waals surface area contributed by atoms with E-state index in [4.69, 9.17) is 4.74 Å². The number of carbonyl (C=O) groups is 1. The first kappa shape index (κ1) is 18.6. The Hall–Kier alpha value is -2.17. The molecule has 0 unspecified atom stereocenters. The van der Waals surface area contributed by atoms with Gasteiger partial charge in [-0.1, -0.05) is 49.4 Å². The highest BCUT2D eigenvalue weighted by Crippen LogP contribution is 2.26. The Kier molecular flexibility index (Phi) is 6.42. The molecule has 1 fully saturated rings. The number of hydrogen-bond acceptors (Lipinski definition) is 3. The lowest BCUT2D eigenvalue weighted by Gasteiger charge is -2.32. The summed E-state index contributed by atoms with van der Waals surface area (Å²) >= 11 is 0. The zero-order valence-electron chi connectivity index (χ0n) is 15.7. The highest BCUT2D eigenvalue weighted by Gasteiger charge is 2.18. The molecule has 1 saturated heterocycles. The zero-order chi connectivity index (χ0) is 18.4. The second kappa shape index (κ2) is 8.97. The van der Waals surface area contributed by atoms with E-state index in [2.05, 4.69) is 53.5 Å². The molecule has 1 N–H and O–H groups in total. The summed E-state index contributed by atoms with van der Waals surface area (Å²) in [7, 11) is 0. The number of hydrogen-bond donors (Lipinski definition) is 1.